The van der Waals surface area contributed by atoms with E-state index in [1.54, 1.807) is 4.90 Å². The van der Waals surface area contributed by atoms with E-state index in [1.165, 1.54) is 5.39 Å². The van der Waals surface area contributed by atoms with Gasteiger partial charge in [-0.1, -0.05) is 24.3 Å². The molecule has 0 saturated carbocycles. The normalized spacial score (nSPS) is 18.0. The quantitative estimate of drug-likeness (QED) is 0.929. The predicted molar refractivity (Wildman–Crippen MR) is 96.1 cm³/mol. The number of carbonyl (C=O) groups excluding carboxylic acids is 1. The molecule has 1 aromatic heterocycles. The lowest BCUT2D eigenvalue weighted by atomic mass is 10.1. The summed E-state index contributed by atoms with van der Waals surface area (Å²) in [6.45, 7) is 7.98. The number of ether oxygens (including phenoxy) is 1. The molecule has 0 spiro atoms. The zero-order valence-corrected chi connectivity index (χ0v) is 14.6. The Morgan fingerprint density at radius 1 is 1.33 bits per heavy atom. The first kappa shape index (κ1) is 16.6. The Morgan fingerprint density at radius 2 is 2.08 bits per heavy atom. The molecule has 1 aliphatic heterocycles. The van der Waals surface area contributed by atoms with Crippen molar-refractivity contribution in [2.24, 2.45) is 5.92 Å². The Balaban J connectivity index is 1.53. The zero-order valence-electron chi connectivity index (χ0n) is 14.6. The highest BCUT2D eigenvalue weighted by molar-refractivity contribution is 5.83. The van der Waals surface area contributed by atoms with Crippen molar-refractivity contribution in [3.8, 4) is 0 Å². The summed E-state index contributed by atoms with van der Waals surface area (Å²) in [6.07, 6.45) is 2.66. The van der Waals surface area contributed by atoms with E-state index in [2.05, 4.69) is 28.5 Å². The largest absolute Gasteiger partial charge is 0.444 e. The molecular weight excluding hydrogens is 302 g/mol. The summed E-state index contributed by atoms with van der Waals surface area (Å²) in [6, 6.07) is 10.3. The third kappa shape index (κ3) is 4.16. The highest BCUT2D eigenvalue weighted by Crippen LogP contribution is 2.21. The Labute approximate surface area is 143 Å². The van der Waals surface area contributed by atoms with Gasteiger partial charge in [0.2, 0.25) is 0 Å². The standard InChI is InChI=1S/C19H25N3O2/c1-19(2,3)24-18(23)22-9-8-14(13-22)11-20-17-10-15-6-4-5-7-16(15)12-21-17/h4-7,10,12,14H,8-9,11,13H2,1-3H3,(H,20,21). The molecule has 1 amide bonds. The van der Waals surface area contributed by atoms with Crippen molar-refractivity contribution in [3.05, 3.63) is 36.5 Å². The van der Waals surface area contributed by atoms with Crippen molar-refractivity contribution in [1.82, 2.24) is 9.88 Å². The first-order valence-corrected chi connectivity index (χ1v) is 8.47. The third-order valence-electron chi connectivity index (χ3n) is 4.14. The second-order valence-electron chi connectivity index (χ2n) is 7.38. The van der Waals surface area contributed by atoms with Crippen molar-refractivity contribution in [1.29, 1.82) is 0 Å². The predicted octanol–water partition coefficient (Wildman–Crippen LogP) is 3.90. The molecule has 3 rings (SSSR count). The number of fused-ring (bicyclic) bond motifs is 1. The average molecular weight is 327 g/mol. The summed E-state index contributed by atoms with van der Waals surface area (Å²) in [7, 11) is 0. The van der Waals surface area contributed by atoms with E-state index in [1.807, 2.05) is 39.1 Å². The van der Waals surface area contributed by atoms with Crippen LogP contribution in [-0.2, 0) is 4.74 Å². The van der Waals surface area contributed by atoms with Crippen LogP contribution in [0.3, 0.4) is 0 Å². The van der Waals surface area contributed by atoms with Crippen LogP contribution in [0.1, 0.15) is 27.2 Å². The summed E-state index contributed by atoms with van der Waals surface area (Å²) in [4.78, 5) is 18.3. The number of nitrogens with one attached hydrogen (secondary N) is 1. The van der Waals surface area contributed by atoms with Gasteiger partial charge >= 0.3 is 6.09 Å². The maximum atomic E-state index is 12.1. The van der Waals surface area contributed by atoms with Gasteiger partial charge in [-0.2, -0.15) is 0 Å². The first-order chi connectivity index (χ1) is 11.4. The van der Waals surface area contributed by atoms with Crippen LogP contribution < -0.4 is 5.32 Å². The fourth-order valence-electron chi connectivity index (χ4n) is 2.92. The van der Waals surface area contributed by atoms with E-state index in [9.17, 15) is 4.79 Å². The smallest absolute Gasteiger partial charge is 0.410 e. The summed E-state index contributed by atoms with van der Waals surface area (Å²) in [5.74, 6) is 1.30. The van der Waals surface area contributed by atoms with E-state index < -0.39 is 5.60 Å². The Kier molecular flexibility index (Phi) is 4.60. The Morgan fingerprint density at radius 3 is 2.83 bits per heavy atom. The molecule has 2 aromatic rings. The van der Waals surface area contributed by atoms with E-state index in [4.69, 9.17) is 4.74 Å². The molecule has 2 heterocycles. The topological polar surface area (TPSA) is 54.5 Å². The lowest BCUT2D eigenvalue weighted by Gasteiger charge is -2.24. The second-order valence-corrected chi connectivity index (χ2v) is 7.38. The molecule has 1 atom stereocenters. The summed E-state index contributed by atoms with van der Waals surface area (Å²) < 4.78 is 5.44. The van der Waals surface area contributed by atoms with Crippen LogP contribution in [0.2, 0.25) is 0 Å². The van der Waals surface area contributed by atoms with Gasteiger partial charge in [-0.15, -0.1) is 0 Å². The van der Waals surface area contributed by atoms with Crippen LogP contribution in [0.4, 0.5) is 10.6 Å². The third-order valence-corrected chi connectivity index (χ3v) is 4.14. The van der Waals surface area contributed by atoms with Crippen LogP contribution in [0.25, 0.3) is 10.8 Å². The van der Waals surface area contributed by atoms with Crippen molar-refractivity contribution in [2.75, 3.05) is 25.0 Å². The van der Waals surface area contributed by atoms with Gasteiger partial charge in [0.1, 0.15) is 11.4 Å². The molecule has 24 heavy (non-hydrogen) atoms. The minimum atomic E-state index is -0.442. The number of carbonyl (C=O) groups is 1. The molecule has 0 radical (unpaired) electrons. The molecule has 1 aromatic carbocycles. The number of hydrogen-bond acceptors (Lipinski definition) is 4. The molecular formula is C19H25N3O2. The fourth-order valence-corrected chi connectivity index (χ4v) is 2.92. The van der Waals surface area contributed by atoms with Crippen molar-refractivity contribution in [2.45, 2.75) is 32.8 Å². The SMILES string of the molecule is CC(C)(C)OC(=O)N1CCC(CNc2cc3ccccc3cn2)C1. The molecule has 1 aliphatic rings. The Hall–Kier alpha value is -2.30. The van der Waals surface area contributed by atoms with Crippen LogP contribution >= 0.6 is 0 Å². The van der Waals surface area contributed by atoms with Crippen LogP contribution in [0.5, 0.6) is 0 Å². The van der Waals surface area contributed by atoms with E-state index in [-0.39, 0.29) is 6.09 Å². The number of rotatable bonds is 3. The van der Waals surface area contributed by atoms with Gasteiger partial charge in [-0.05, 0) is 44.6 Å². The van der Waals surface area contributed by atoms with E-state index in [0.29, 0.717) is 5.92 Å². The zero-order chi connectivity index (χ0) is 17.2. The van der Waals surface area contributed by atoms with Crippen molar-refractivity contribution in [3.63, 3.8) is 0 Å². The molecule has 1 fully saturated rings. The van der Waals surface area contributed by atoms with Crippen LogP contribution in [-0.4, -0.2) is 41.2 Å². The lowest BCUT2D eigenvalue weighted by molar-refractivity contribution is 0.0289. The maximum absolute atomic E-state index is 12.1. The Bertz CT molecular complexity index is 724. The monoisotopic (exact) mass is 327 g/mol. The maximum Gasteiger partial charge on any atom is 0.410 e. The molecule has 1 unspecified atom stereocenters. The summed E-state index contributed by atoms with van der Waals surface area (Å²) >= 11 is 0. The van der Waals surface area contributed by atoms with Crippen LogP contribution in [0, 0.1) is 5.92 Å². The van der Waals surface area contributed by atoms with Gasteiger partial charge in [-0.25, -0.2) is 9.78 Å². The molecule has 5 heteroatoms. The number of likely N-dealkylation sites (tertiary alicyclic amines) is 1. The lowest BCUT2D eigenvalue weighted by Crippen LogP contribution is -2.35. The fraction of sp³-hybridized carbons (Fsp3) is 0.474. The van der Waals surface area contributed by atoms with E-state index in [0.717, 1.165) is 37.3 Å². The number of aromatic nitrogens is 1. The number of nitrogens with zero attached hydrogens (tertiary/aromatic N) is 2. The second kappa shape index (κ2) is 6.67. The molecule has 5 nitrogen and oxygen atoms in total. The highest BCUT2D eigenvalue weighted by atomic mass is 16.6. The van der Waals surface area contributed by atoms with Gasteiger partial charge < -0.3 is 15.0 Å². The van der Waals surface area contributed by atoms with Crippen molar-refractivity contribution >= 4 is 22.7 Å². The minimum Gasteiger partial charge on any atom is -0.444 e. The minimum absolute atomic E-state index is 0.214. The number of hydrogen-bond donors (Lipinski definition) is 1. The molecule has 128 valence electrons. The number of amides is 1. The first-order valence-electron chi connectivity index (χ1n) is 8.47. The number of benzene rings is 1. The van der Waals surface area contributed by atoms with Gasteiger partial charge in [0.05, 0.1) is 0 Å². The van der Waals surface area contributed by atoms with Gasteiger partial charge in [0.25, 0.3) is 0 Å². The van der Waals surface area contributed by atoms with E-state index >= 15 is 0 Å². The van der Waals surface area contributed by atoms with Gasteiger partial charge in [-0.3, -0.25) is 0 Å². The summed E-state index contributed by atoms with van der Waals surface area (Å²) in [5.41, 5.74) is -0.442. The van der Waals surface area contributed by atoms with Gasteiger partial charge in [0, 0.05) is 31.2 Å². The molecule has 1 saturated heterocycles. The summed E-state index contributed by atoms with van der Waals surface area (Å²) in [5, 5.41) is 5.71. The average Bonchev–Trinajstić information content (AvgIpc) is 3.00. The van der Waals surface area contributed by atoms with Crippen LogP contribution in [0.15, 0.2) is 36.5 Å². The van der Waals surface area contributed by atoms with Crippen molar-refractivity contribution < 1.29 is 9.53 Å². The number of anilines is 1. The molecule has 0 bridgehead atoms. The molecule has 0 aliphatic carbocycles. The molecule has 1 N–H and O–H groups in total. The number of pyridine rings is 1. The van der Waals surface area contributed by atoms with Gasteiger partial charge in [0.15, 0.2) is 0 Å². The highest BCUT2D eigenvalue weighted by Gasteiger charge is 2.29.